The Morgan fingerprint density at radius 2 is 1.50 bits per heavy atom. The lowest BCUT2D eigenvalue weighted by Gasteiger charge is -2.37. The standard InChI is InChI=1S/C29H28N4O3/c1-2-3-13-20-33-26(21-31-32-30)27(36-28(33)34)22-35-29(23-14-7-4-8-15-23,24-16-9-5-10-17-24)25-18-11-6-12-19-25/h4-12,14-19,26-27H,13,20-22H2,1H3/t26-,27-/m1/s1. The smallest absolute Gasteiger partial charge is 0.410 e. The van der Waals surface area contributed by atoms with Gasteiger partial charge >= 0.3 is 6.09 Å². The molecule has 1 heterocycles. The van der Waals surface area contributed by atoms with E-state index in [0.717, 1.165) is 16.7 Å². The first-order chi connectivity index (χ1) is 17.7. The van der Waals surface area contributed by atoms with Crippen LogP contribution in [0, 0.1) is 11.8 Å². The van der Waals surface area contributed by atoms with Crippen LogP contribution in [0.25, 0.3) is 10.4 Å². The molecule has 7 heteroatoms. The number of carbonyl (C=O) groups excluding carboxylic acids is 1. The molecule has 7 nitrogen and oxygen atoms in total. The molecular formula is C29H28N4O3. The van der Waals surface area contributed by atoms with Crippen LogP contribution < -0.4 is 0 Å². The summed E-state index contributed by atoms with van der Waals surface area (Å²) < 4.78 is 12.6. The van der Waals surface area contributed by atoms with Crippen molar-refractivity contribution < 1.29 is 14.3 Å². The van der Waals surface area contributed by atoms with Crippen molar-refractivity contribution >= 4 is 6.09 Å². The van der Waals surface area contributed by atoms with Crippen LogP contribution in [-0.2, 0) is 15.1 Å². The van der Waals surface area contributed by atoms with Crippen molar-refractivity contribution in [3.05, 3.63) is 118 Å². The molecule has 0 aliphatic carbocycles. The molecule has 182 valence electrons. The van der Waals surface area contributed by atoms with E-state index in [1.54, 1.807) is 11.8 Å². The second-order valence-electron chi connectivity index (χ2n) is 8.36. The monoisotopic (exact) mass is 480 g/mol. The van der Waals surface area contributed by atoms with E-state index in [-0.39, 0.29) is 13.2 Å². The summed E-state index contributed by atoms with van der Waals surface area (Å²) in [7, 11) is 0. The van der Waals surface area contributed by atoms with Gasteiger partial charge in [0.05, 0.1) is 19.2 Å². The molecule has 4 rings (SSSR count). The van der Waals surface area contributed by atoms with E-state index < -0.39 is 23.8 Å². The zero-order valence-electron chi connectivity index (χ0n) is 20.2. The lowest BCUT2D eigenvalue weighted by Crippen LogP contribution is -2.43. The summed E-state index contributed by atoms with van der Waals surface area (Å²) in [5.74, 6) is 5.81. The molecule has 1 aliphatic rings. The fraction of sp³-hybridized carbons (Fsp3) is 0.276. The van der Waals surface area contributed by atoms with E-state index in [0.29, 0.717) is 13.0 Å². The van der Waals surface area contributed by atoms with Gasteiger partial charge in [0.1, 0.15) is 11.7 Å². The van der Waals surface area contributed by atoms with Crippen LogP contribution >= 0.6 is 0 Å². The van der Waals surface area contributed by atoms with Crippen molar-refractivity contribution in [3.63, 3.8) is 0 Å². The molecule has 36 heavy (non-hydrogen) atoms. The van der Waals surface area contributed by atoms with Crippen LogP contribution in [0.4, 0.5) is 4.79 Å². The molecule has 0 bridgehead atoms. The third-order valence-corrected chi connectivity index (χ3v) is 6.31. The number of hydrogen-bond donors (Lipinski definition) is 0. The fourth-order valence-corrected chi connectivity index (χ4v) is 4.63. The number of nitrogens with zero attached hydrogens (tertiary/aromatic N) is 4. The average molecular weight is 481 g/mol. The van der Waals surface area contributed by atoms with Crippen molar-refractivity contribution in [1.82, 2.24) is 4.90 Å². The Balaban J connectivity index is 1.73. The van der Waals surface area contributed by atoms with E-state index in [1.165, 1.54) is 0 Å². The molecule has 0 unspecified atom stereocenters. The predicted molar refractivity (Wildman–Crippen MR) is 138 cm³/mol. The topological polar surface area (TPSA) is 87.5 Å². The van der Waals surface area contributed by atoms with Gasteiger partial charge in [0.15, 0.2) is 0 Å². The lowest BCUT2D eigenvalue weighted by molar-refractivity contribution is -0.0368. The Morgan fingerprint density at radius 1 is 0.972 bits per heavy atom. The molecule has 0 spiro atoms. The van der Waals surface area contributed by atoms with Crippen LogP contribution in [0.1, 0.15) is 30.0 Å². The molecule has 0 aromatic heterocycles. The number of hydrogen-bond acceptors (Lipinski definition) is 4. The summed E-state index contributed by atoms with van der Waals surface area (Å²) in [5, 5.41) is 3.75. The molecule has 1 fully saturated rings. The molecule has 1 amide bonds. The summed E-state index contributed by atoms with van der Waals surface area (Å²) in [5.41, 5.74) is 10.9. The van der Waals surface area contributed by atoms with Crippen LogP contribution in [-0.4, -0.2) is 42.8 Å². The van der Waals surface area contributed by atoms with Gasteiger partial charge in [0, 0.05) is 17.9 Å². The number of azide groups is 1. The molecule has 3 aromatic rings. The third-order valence-electron chi connectivity index (χ3n) is 6.31. The quantitative estimate of drug-likeness (QED) is 0.119. The first-order valence-corrected chi connectivity index (χ1v) is 11.9. The Labute approximate surface area is 211 Å². The summed E-state index contributed by atoms with van der Waals surface area (Å²) in [6.45, 7) is 2.34. The Kier molecular flexibility index (Phi) is 8.25. The van der Waals surface area contributed by atoms with Crippen LogP contribution in [0.2, 0.25) is 0 Å². The number of cyclic esters (lactones) is 1. The van der Waals surface area contributed by atoms with Gasteiger partial charge in [-0.3, -0.25) is 0 Å². The highest BCUT2D eigenvalue weighted by Crippen LogP contribution is 2.41. The first-order valence-electron chi connectivity index (χ1n) is 11.9. The van der Waals surface area contributed by atoms with Gasteiger partial charge in [0.2, 0.25) is 0 Å². The number of carbonyl (C=O) groups is 1. The van der Waals surface area contributed by atoms with Gasteiger partial charge in [-0.1, -0.05) is 96.1 Å². The number of rotatable bonds is 10. The van der Waals surface area contributed by atoms with Crippen molar-refractivity contribution in [2.45, 2.75) is 31.1 Å². The van der Waals surface area contributed by atoms with E-state index in [9.17, 15) is 4.79 Å². The maximum absolute atomic E-state index is 12.8. The largest absolute Gasteiger partial charge is 0.441 e. The van der Waals surface area contributed by atoms with Crippen molar-refractivity contribution in [2.75, 3.05) is 19.7 Å². The van der Waals surface area contributed by atoms with Gasteiger partial charge < -0.3 is 14.4 Å². The van der Waals surface area contributed by atoms with Crippen molar-refractivity contribution in [3.8, 4) is 11.8 Å². The number of benzene rings is 3. The minimum absolute atomic E-state index is 0.0881. The maximum atomic E-state index is 12.8. The summed E-state index contributed by atoms with van der Waals surface area (Å²) >= 11 is 0. The van der Waals surface area contributed by atoms with E-state index in [2.05, 4.69) is 21.9 Å². The third kappa shape index (κ3) is 5.21. The van der Waals surface area contributed by atoms with Gasteiger partial charge in [-0.25, -0.2) is 4.79 Å². The van der Waals surface area contributed by atoms with Crippen LogP contribution in [0.15, 0.2) is 96.1 Å². The second kappa shape index (κ2) is 11.9. The lowest BCUT2D eigenvalue weighted by atomic mass is 9.80. The molecule has 1 aliphatic heterocycles. The predicted octanol–water partition coefficient (Wildman–Crippen LogP) is 5.91. The minimum Gasteiger partial charge on any atom is -0.441 e. The van der Waals surface area contributed by atoms with Gasteiger partial charge in [-0.2, -0.15) is 0 Å². The average Bonchev–Trinajstić information content (AvgIpc) is 3.23. The van der Waals surface area contributed by atoms with Gasteiger partial charge in [-0.05, 0) is 29.1 Å². The normalized spacial score (nSPS) is 17.0. The molecule has 2 atom stereocenters. The molecule has 1 saturated heterocycles. The molecule has 0 radical (unpaired) electrons. The fourth-order valence-electron chi connectivity index (χ4n) is 4.63. The number of amides is 1. The SMILES string of the molecule is CC#CCCN1C(=O)O[C@H](COC(c2ccccc2)(c2ccccc2)c2ccccc2)[C@H]1CN=[N+]=[N-]. The van der Waals surface area contributed by atoms with Crippen molar-refractivity contribution in [1.29, 1.82) is 0 Å². The van der Waals surface area contributed by atoms with Gasteiger partial charge in [-0.15, -0.1) is 11.8 Å². The Bertz CT molecular complexity index is 1150. The first kappa shape index (κ1) is 24.9. The Morgan fingerprint density at radius 3 is 1.97 bits per heavy atom. The molecule has 0 saturated carbocycles. The summed E-state index contributed by atoms with van der Waals surface area (Å²) in [4.78, 5) is 17.2. The molecular weight excluding hydrogens is 452 g/mol. The highest BCUT2D eigenvalue weighted by atomic mass is 16.6. The molecule has 0 N–H and O–H groups in total. The second-order valence-corrected chi connectivity index (χ2v) is 8.36. The summed E-state index contributed by atoms with van der Waals surface area (Å²) in [6.07, 6.45) is -0.564. The van der Waals surface area contributed by atoms with E-state index in [1.807, 2.05) is 91.0 Å². The van der Waals surface area contributed by atoms with Crippen LogP contribution in [0.3, 0.4) is 0 Å². The molecule has 3 aromatic carbocycles. The van der Waals surface area contributed by atoms with E-state index in [4.69, 9.17) is 15.0 Å². The minimum atomic E-state index is -0.944. The Hall–Kier alpha value is -4.24. The number of ether oxygens (including phenoxy) is 2. The van der Waals surface area contributed by atoms with Gasteiger partial charge in [0.25, 0.3) is 0 Å². The summed E-state index contributed by atoms with van der Waals surface area (Å²) in [6, 6.07) is 29.6. The van der Waals surface area contributed by atoms with Crippen molar-refractivity contribution in [2.24, 2.45) is 5.11 Å². The maximum Gasteiger partial charge on any atom is 0.410 e. The van der Waals surface area contributed by atoms with E-state index >= 15 is 0 Å². The zero-order valence-corrected chi connectivity index (χ0v) is 20.2. The highest BCUT2D eigenvalue weighted by Gasteiger charge is 2.44. The zero-order chi connectivity index (χ0) is 25.2. The highest BCUT2D eigenvalue weighted by molar-refractivity contribution is 5.70. The van der Waals surface area contributed by atoms with Crippen LogP contribution in [0.5, 0.6) is 0 Å².